The maximum absolute atomic E-state index is 13.0. The molecule has 0 amide bonds. The number of thiophene rings is 1. The number of hydrogen-bond donors (Lipinski definition) is 0. The average molecular weight is 433 g/mol. The summed E-state index contributed by atoms with van der Waals surface area (Å²) in [4.78, 5) is 16.4. The highest BCUT2D eigenvalue weighted by Crippen LogP contribution is 2.28. The Hall–Kier alpha value is -2.00. The van der Waals surface area contributed by atoms with E-state index in [4.69, 9.17) is 4.42 Å². The van der Waals surface area contributed by atoms with E-state index in [2.05, 4.69) is 4.90 Å². The van der Waals surface area contributed by atoms with Crippen molar-refractivity contribution < 1.29 is 12.8 Å². The third-order valence-corrected chi connectivity index (χ3v) is 8.44. The standard InChI is InChI=1S/C21H24N2O4S2/c1-14-4-5-18-17(12-21(24)27-19(18)10-14)13-22-6-8-23(9-7-22)29(25,26)20-11-15(2)28-16(20)3/h4-5,10-12H,6-9,13H2,1-3H3. The van der Waals surface area contributed by atoms with E-state index in [9.17, 15) is 13.2 Å². The smallest absolute Gasteiger partial charge is 0.336 e. The molecule has 3 heterocycles. The Morgan fingerprint density at radius 2 is 1.76 bits per heavy atom. The van der Waals surface area contributed by atoms with Crippen molar-refractivity contribution in [2.75, 3.05) is 26.2 Å². The molecule has 0 aliphatic carbocycles. The number of aryl methyl sites for hydroxylation is 3. The van der Waals surface area contributed by atoms with Gasteiger partial charge in [-0.1, -0.05) is 12.1 Å². The molecule has 2 aromatic heterocycles. The molecule has 0 atom stereocenters. The molecule has 1 fully saturated rings. The molecule has 4 rings (SSSR count). The minimum Gasteiger partial charge on any atom is -0.423 e. The Balaban J connectivity index is 1.50. The van der Waals surface area contributed by atoms with Gasteiger partial charge >= 0.3 is 5.63 Å². The van der Waals surface area contributed by atoms with Gasteiger partial charge in [0.05, 0.1) is 4.90 Å². The number of sulfonamides is 1. The Bertz CT molecular complexity index is 1220. The third-order valence-electron chi connectivity index (χ3n) is 5.32. The van der Waals surface area contributed by atoms with Crippen molar-refractivity contribution in [3.05, 3.63) is 61.6 Å². The van der Waals surface area contributed by atoms with Crippen molar-refractivity contribution in [2.24, 2.45) is 0 Å². The van der Waals surface area contributed by atoms with E-state index >= 15 is 0 Å². The van der Waals surface area contributed by atoms with Gasteiger partial charge in [-0.15, -0.1) is 11.3 Å². The fourth-order valence-corrected chi connectivity index (χ4v) is 6.79. The molecule has 1 aliphatic heterocycles. The van der Waals surface area contributed by atoms with Crippen LogP contribution in [0.15, 0.2) is 44.4 Å². The van der Waals surface area contributed by atoms with Crippen molar-refractivity contribution in [1.82, 2.24) is 9.21 Å². The second-order valence-electron chi connectivity index (χ2n) is 7.55. The number of rotatable bonds is 4. The zero-order valence-electron chi connectivity index (χ0n) is 16.8. The highest BCUT2D eigenvalue weighted by Gasteiger charge is 2.30. The second-order valence-corrected chi connectivity index (χ2v) is 10.9. The van der Waals surface area contributed by atoms with Crippen molar-refractivity contribution in [3.8, 4) is 0 Å². The first-order valence-corrected chi connectivity index (χ1v) is 11.8. The topological polar surface area (TPSA) is 70.8 Å². The first-order chi connectivity index (χ1) is 13.7. The van der Waals surface area contributed by atoms with Crippen LogP contribution in [0.25, 0.3) is 11.0 Å². The van der Waals surface area contributed by atoms with E-state index in [-0.39, 0.29) is 5.63 Å². The summed E-state index contributed by atoms with van der Waals surface area (Å²) < 4.78 is 32.9. The molecule has 8 heteroatoms. The van der Waals surface area contributed by atoms with Crippen LogP contribution in [0.4, 0.5) is 0 Å². The lowest BCUT2D eigenvalue weighted by Gasteiger charge is -2.34. The highest BCUT2D eigenvalue weighted by molar-refractivity contribution is 7.89. The van der Waals surface area contributed by atoms with Gasteiger partial charge in [0.1, 0.15) is 5.58 Å². The molecule has 0 spiro atoms. The van der Waals surface area contributed by atoms with Gasteiger partial charge in [0.25, 0.3) is 0 Å². The Morgan fingerprint density at radius 3 is 2.41 bits per heavy atom. The quantitative estimate of drug-likeness (QED) is 0.592. The fraction of sp³-hybridized carbons (Fsp3) is 0.381. The summed E-state index contributed by atoms with van der Waals surface area (Å²) in [7, 11) is -3.46. The normalized spacial score (nSPS) is 16.5. The molecule has 1 aliphatic rings. The van der Waals surface area contributed by atoms with Gasteiger partial charge in [-0.05, 0) is 44.0 Å². The zero-order chi connectivity index (χ0) is 20.8. The van der Waals surface area contributed by atoms with Crippen LogP contribution in [0.5, 0.6) is 0 Å². The predicted octanol–water partition coefficient (Wildman–Crippen LogP) is 3.29. The minimum atomic E-state index is -3.46. The third kappa shape index (κ3) is 4.02. The van der Waals surface area contributed by atoms with E-state index in [1.54, 1.807) is 10.4 Å². The average Bonchev–Trinajstić information content (AvgIpc) is 3.00. The maximum atomic E-state index is 13.0. The van der Waals surface area contributed by atoms with Crippen LogP contribution in [0, 0.1) is 20.8 Å². The first-order valence-electron chi connectivity index (χ1n) is 9.57. The van der Waals surface area contributed by atoms with Gasteiger partial charge < -0.3 is 4.42 Å². The van der Waals surface area contributed by atoms with Crippen LogP contribution in [0.2, 0.25) is 0 Å². The summed E-state index contributed by atoms with van der Waals surface area (Å²) in [5.41, 5.74) is 2.19. The molecule has 1 aromatic carbocycles. The monoisotopic (exact) mass is 432 g/mol. The van der Waals surface area contributed by atoms with Crippen molar-refractivity contribution in [3.63, 3.8) is 0 Å². The molecular formula is C21H24N2O4S2. The molecule has 3 aromatic rings. The summed E-state index contributed by atoms with van der Waals surface area (Å²) in [5.74, 6) is 0. The van der Waals surface area contributed by atoms with E-state index in [0.717, 1.165) is 26.3 Å². The van der Waals surface area contributed by atoms with E-state index in [0.29, 0.717) is 43.2 Å². The Kier molecular flexibility index (Phi) is 5.37. The zero-order valence-corrected chi connectivity index (χ0v) is 18.4. The largest absolute Gasteiger partial charge is 0.423 e. The number of hydrogen-bond acceptors (Lipinski definition) is 6. The molecule has 0 N–H and O–H groups in total. The van der Waals surface area contributed by atoms with Gasteiger partial charge in [0.2, 0.25) is 10.0 Å². The van der Waals surface area contributed by atoms with Crippen LogP contribution >= 0.6 is 11.3 Å². The summed E-state index contributed by atoms with van der Waals surface area (Å²) in [6.45, 7) is 8.46. The summed E-state index contributed by atoms with van der Waals surface area (Å²) in [6, 6.07) is 9.15. The lowest BCUT2D eigenvalue weighted by molar-refractivity contribution is 0.182. The lowest BCUT2D eigenvalue weighted by Crippen LogP contribution is -2.48. The predicted molar refractivity (Wildman–Crippen MR) is 115 cm³/mol. The summed E-state index contributed by atoms with van der Waals surface area (Å²) in [5, 5.41) is 0.926. The van der Waals surface area contributed by atoms with E-state index < -0.39 is 10.0 Å². The van der Waals surface area contributed by atoms with Crippen LogP contribution in [0.1, 0.15) is 20.9 Å². The summed E-state index contributed by atoms with van der Waals surface area (Å²) in [6.07, 6.45) is 0. The van der Waals surface area contributed by atoms with Gasteiger partial charge in [0.15, 0.2) is 0 Å². The van der Waals surface area contributed by atoms with Crippen LogP contribution in [-0.2, 0) is 16.6 Å². The minimum absolute atomic E-state index is 0.359. The first kappa shape index (κ1) is 20.3. The molecule has 0 unspecified atom stereocenters. The van der Waals surface area contributed by atoms with Gasteiger partial charge in [0, 0.05) is 53.9 Å². The second kappa shape index (κ2) is 7.68. The van der Waals surface area contributed by atoms with Gasteiger partial charge in [-0.3, -0.25) is 4.90 Å². The Morgan fingerprint density at radius 1 is 1.03 bits per heavy atom. The molecule has 0 radical (unpaired) electrons. The summed E-state index contributed by atoms with van der Waals surface area (Å²) >= 11 is 1.51. The molecule has 0 saturated carbocycles. The molecule has 1 saturated heterocycles. The fourth-order valence-electron chi connectivity index (χ4n) is 3.84. The van der Waals surface area contributed by atoms with Gasteiger partial charge in [-0.25, -0.2) is 13.2 Å². The van der Waals surface area contributed by atoms with Crippen molar-refractivity contribution in [2.45, 2.75) is 32.2 Å². The van der Waals surface area contributed by atoms with Crippen LogP contribution < -0.4 is 5.63 Å². The molecule has 0 bridgehead atoms. The molecular weight excluding hydrogens is 408 g/mol. The number of piperazine rings is 1. The molecule has 6 nitrogen and oxygen atoms in total. The lowest BCUT2D eigenvalue weighted by atomic mass is 10.1. The maximum Gasteiger partial charge on any atom is 0.336 e. The number of fused-ring (bicyclic) bond motifs is 1. The van der Waals surface area contributed by atoms with Crippen molar-refractivity contribution >= 4 is 32.3 Å². The van der Waals surface area contributed by atoms with Gasteiger partial charge in [-0.2, -0.15) is 4.31 Å². The highest BCUT2D eigenvalue weighted by atomic mass is 32.2. The van der Waals surface area contributed by atoms with Crippen molar-refractivity contribution in [1.29, 1.82) is 0 Å². The van der Waals surface area contributed by atoms with E-state index in [1.807, 2.05) is 39.0 Å². The number of benzene rings is 1. The van der Waals surface area contributed by atoms with E-state index in [1.165, 1.54) is 17.4 Å². The SMILES string of the molecule is Cc1ccc2c(CN3CCN(S(=O)(=O)c4cc(C)sc4C)CC3)cc(=O)oc2c1. The molecule has 29 heavy (non-hydrogen) atoms. The van der Waals surface area contributed by atoms with Crippen LogP contribution in [-0.4, -0.2) is 43.8 Å². The van der Waals surface area contributed by atoms with Crippen LogP contribution in [0.3, 0.4) is 0 Å². The Labute approximate surface area is 174 Å². The number of nitrogens with zero attached hydrogens (tertiary/aromatic N) is 2. The molecule has 154 valence electrons.